The van der Waals surface area contributed by atoms with Gasteiger partial charge in [0.2, 0.25) is 0 Å². The van der Waals surface area contributed by atoms with E-state index >= 15 is 0 Å². The van der Waals surface area contributed by atoms with Crippen LogP contribution in [0.1, 0.15) is 6.23 Å². The molecule has 142 valence electrons. The lowest BCUT2D eigenvalue weighted by atomic mass is 11.1. The Morgan fingerprint density at radius 1 is 1.20 bits per heavy atom. The van der Waals surface area contributed by atoms with Gasteiger partial charge in [0.1, 0.15) is 18.3 Å². The highest BCUT2D eigenvalue weighted by Gasteiger charge is 2.45. The van der Waals surface area contributed by atoms with Gasteiger partial charge < -0.3 is 29.6 Å². The Kier molecular flexibility index (Phi) is 5.81. The van der Waals surface area contributed by atoms with Crippen LogP contribution in [0.25, 0.3) is 0 Å². The number of nitrogens with zero attached hydrogens (tertiary/aromatic N) is 1. The van der Waals surface area contributed by atoms with Crippen molar-refractivity contribution in [2.45, 2.75) is 24.5 Å². The van der Waals surface area contributed by atoms with E-state index in [2.05, 4.69) is 8.83 Å². The summed E-state index contributed by atoms with van der Waals surface area (Å²) in [5.41, 5.74) is -1.65. The summed E-state index contributed by atoms with van der Waals surface area (Å²) < 4.78 is 35.6. The molecule has 1 aliphatic rings. The van der Waals surface area contributed by atoms with Crippen LogP contribution in [0.4, 0.5) is 0 Å². The molecule has 25 heavy (non-hydrogen) atoms. The first-order valence-electron chi connectivity index (χ1n) is 6.47. The van der Waals surface area contributed by atoms with E-state index in [4.69, 9.17) is 19.4 Å². The van der Waals surface area contributed by atoms with Crippen molar-refractivity contribution < 1.29 is 47.6 Å². The Morgan fingerprint density at radius 2 is 1.84 bits per heavy atom. The third kappa shape index (κ3) is 5.15. The maximum absolute atomic E-state index is 11.7. The van der Waals surface area contributed by atoms with E-state index in [9.17, 15) is 28.9 Å². The molecule has 2 heterocycles. The molecule has 1 fully saturated rings. The number of hydrogen-bond donors (Lipinski definition) is 6. The molecule has 2 unspecified atom stereocenters. The topological polar surface area (TPSA) is 218 Å². The molecule has 0 spiro atoms. The number of rotatable bonds is 6. The average Bonchev–Trinajstić information content (AvgIpc) is 2.71. The van der Waals surface area contributed by atoms with Gasteiger partial charge in [-0.1, -0.05) is 0 Å². The molecule has 5 atom stereocenters. The number of ether oxygens (including phenoxy) is 1. The fourth-order valence-electron chi connectivity index (χ4n) is 2.05. The summed E-state index contributed by atoms with van der Waals surface area (Å²) in [7, 11) is -10.5. The van der Waals surface area contributed by atoms with Gasteiger partial charge in [-0.15, -0.1) is 0 Å². The first-order valence-corrected chi connectivity index (χ1v) is 9.49. The fourth-order valence-corrected chi connectivity index (χ4v) is 3.65. The predicted molar refractivity (Wildman–Crippen MR) is 76.2 cm³/mol. The number of phosphoric acid groups is 2. The Morgan fingerprint density at radius 3 is 2.40 bits per heavy atom. The van der Waals surface area contributed by atoms with Gasteiger partial charge in [-0.2, -0.15) is 4.31 Å². The minimum Gasteiger partial charge on any atom is -0.387 e. The highest BCUT2D eigenvalue weighted by Crippen LogP contribution is 2.57. The number of aliphatic hydroxyl groups excluding tert-OH is 2. The van der Waals surface area contributed by atoms with E-state index < -0.39 is 58.0 Å². The van der Waals surface area contributed by atoms with Crippen molar-refractivity contribution in [3.8, 4) is 0 Å². The number of aromatic amines is 1. The van der Waals surface area contributed by atoms with E-state index in [1.165, 1.54) is 0 Å². The van der Waals surface area contributed by atoms with Gasteiger partial charge >= 0.3 is 21.3 Å². The number of nitrogens with one attached hydrogen (secondary N) is 1. The highest BCUT2D eigenvalue weighted by atomic mass is 31.3. The third-order valence-corrected chi connectivity index (χ3v) is 5.23. The van der Waals surface area contributed by atoms with Crippen LogP contribution in [0.5, 0.6) is 0 Å². The largest absolute Gasteiger partial charge is 0.481 e. The van der Waals surface area contributed by atoms with Crippen LogP contribution in [0, 0.1) is 0 Å². The molecule has 14 nitrogen and oxygen atoms in total. The summed E-state index contributed by atoms with van der Waals surface area (Å²) in [5.74, 6) is 0. The first kappa shape index (κ1) is 20.1. The van der Waals surface area contributed by atoms with Crippen LogP contribution in [0.2, 0.25) is 0 Å². The molecule has 2 rings (SSSR count). The Hall–Kier alpha value is -1.18. The van der Waals surface area contributed by atoms with Gasteiger partial charge in [0.25, 0.3) is 5.56 Å². The normalized spacial score (nSPS) is 29.5. The van der Waals surface area contributed by atoms with Crippen molar-refractivity contribution in [1.82, 2.24) is 9.55 Å². The molecular formula is C9H14N2O12P2. The summed E-state index contributed by atoms with van der Waals surface area (Å²) in [6.45, 7) is -0.902. The third-order valence-electron chi connectivity index (χ3n) is 3.07. The predicted octanol–water partition coefficient (Wildman–Crippen LogP) is -2.62. The van der Waals surface area contributed by atoms with Gasteiger partial charge in [-0.25, -0.2) is 13.9 Å². The van der Waals surface area contributed by atoms with Crippen molar-refractivity contribution in [1.29, 1.82) is 0 Å². The van der Waals surface area contributed by atoms with Crippen molar-refractivity contribution in [3.05, 3.63) is 33.1 Å². The summed E-state index contributed by atoms with van der Waals surface area (Å²) in [5, 5.41) is 19.8. The van der Waals surface area contributed by atoms with Gasteiger partial charge in [-0.05, 0) is 0 Å². The number of phosphoric ester groups is 1. The number of hydrogen-bond acceptors (Lipinski definition) is 9. The van der Waals surface area contributed by atoms with E-state index in [1.54, 1.807) is 0 Å². The minimum absolute atomic E-state index is 0.704. The van der Waals surface area contributed by atoms with Crippen molar-refractivity contribution in [2.24, 2.45) is 0 Å². The lowest BCUT2D eigenvalue weighted by molar-refractivity contribution is -0.0542. The molecule has 0 radical (unpaired) electrons. The molecule has 1 aromatic rings. The number of aliphatic hydroxyl groups is 2. The Labute approximate surface area is 138 Å². The maximum Gasteiger partial charge on any atom is 0.481 e. The molecule has 1 aliphatic heterocycles. The zero-order chi connectivity index (χ0) is 19.0. The lowest BCUT2D eigenvalue weighted by Gasteiger charge is -2.17. The summed E-state index contributed by atoms with van der Waals surface area (Å²) in [4.78, 5) is 50.7. The second-order valence-electron chi connectivity index (χ2n) is 4.90. The van der Waals surface area contributed by atoms with Gasteiger partial charge in [0.05, 0.1) is 6.61 Å². The van der Waals surface area contributed by atoms with Crippen molar-refractivity contribution in [3.63, 3.8) is 0 Å². The van der Waals surface area contributed by atoms with Gasteiger partial charge in [0, 0.05) is 12.3 Å². The monoisotopic (exact) mass is 413 g/mol. The minimum atomic E-state index is -5.32. The molecule has 1 aromatic heterocycles. The lowest BCUT2D eigenvalue weighted by Crippen LogP contribution is -2.37. The van der Waals surface area contributed by atoms with E-state index in [0.29, 0.717) is 0 Å². The number of H-pyrrole nitrogens is 1. The van der Waals surface area contributed by atoms with Crippen LogP contribution in [-0.4, -0.2) is 59.4 Å². The summed E-state index contributed by atoms with van der Waals surface area (Å²) >= 11 is 0. The summed E-state index contributed by atoms with van der Waals surface area (Å²) in [6.07, 6.45) is -5.25. The second-order valence-corrected chi connectivity index (χ2v) is 7.73. The van der Waals surface area contributed by atoms with Gasteiger partial charge in [0.15, 0.2) is 6.23 Å². The van der Waals surface area contributed by atoms with Crippen LogP contribution in [0.3, 0.4) is 0 Å². The fraction of sp³-hybridized carbons (Fsp3) is 0.556. The summed E-state index contributed by atoms with van der Waals surface area (Å²) in [6, 6.07) is 0.962. The quantitative estimate of drug-likeness (QED) is 0.209. The van der Waals surface area contributed by atoms with E-state index in [0.717, 1.165) is 16.8 Å². The molecule has 6 N–H and O–H groups in total. The van der Waals surface area contributed by atoms with Crippen LogP contribution >= 0.6 is 15.6 Å². The standard InChI is InChI=1S/C9H14N2O12P2/c12-5-1-2-11(9(15)10-5)8-7(14)6(13)4(22-8)3-21-25(19,20)23-24(16,17)18/h1-2,4,6-8,13-14H,3H2,(H,19,20)(H,10,12,15)(H2,16,17,18)/t4-,6?,7+,8-/m1/s1/i1+1,2+1,3+1,4+1,5+1,6+1,7+1,8+1,9+1. The van der Waals surface area contributed by atoms with Crippen LogP contribution in [-0.2, 0) is 22.7 Å². The SMILES string of the molecule is O=[13c]1[13cH][13cH]n([13C@@H]2O[13C@H]([13CH2]OP(=O)(O)OP(=O)(O)O)[13CH](O)[13C@@H]2O)[13c](=O)[nH]1. The molecule has 0 aromatic carbocycles. The first-order chi connectivity index (χ1) is 11.4. The second kappa shape index (κ2) is 7.21. The molecule has 0 saturated carbocycles. The van der Waals surface area contributed by atoms with Gasteiger partial charge in [-0.3, -0.25) is 18.9 Å². The Balaban J connectivity index is 2.09. The van der Waals surface area contributed by atoms with Crippen molar-refractivity contribution >= 4 is 15.6 Å². The number of aromatic nitrogens is 2. The van der Waals surface area contributed by atoms with Crippen LogP contribution < -0.4 is 11.2 Å². The van der Waals surface area contributed by atoms with E-state index in [1.807, 2.05) is 4.98 Å². The zero-order valence-corrected chi connectivity index (χ0v) is 13.9. The molecule has 0 aliphatic carbocycles. The molecule has 16 heteroatoms. The highest BCUT2D eigenvalue weighted by molar-refractivity contribution is 7.60. The van der Waals surface area contributed by atoms with Crippen LogP contribution in [0.15, 0.2) is 21.9 Å². The molecule has 0 amide bonds. The molecule has 1 saturated heterocycles. The smallest absolute Gasteiger partial charge is 0.387 e. The average molecular weight is 413 g/mol. The molecule has 0 bridgehead atoms. The Bertz CT molecular complexity index is 828. The maximum atomic E-state index is 11.7. The van der Waals surface area contributed by atoms with E-state index in [-0.39, 0.29) is 0 Å². The molecular weight excluding hydrogens is 399 g/mol. The van der Waals surface area contributed by atoms with Crippen molar-refractivity contribution in [2.75, 3.05) is 6.61 Å². The zero-order valence-electron chi connectivity index (χ0n) is 12.1.